The number of hydrogen-bond donors (Lipinski definition) is 1. The molecule has 2 nitrogen and oxygen atoms in total. The zero-order valence-corrected chi connectivity index (χ0v) is 11.0. The van der Waals surface area contributed by atoms with Gasteiger partial charge in [-0.05, 0) is 31.9 Å². The second kappa shape index (κ2) is 4.58. The summed E-state index contributed by atoms with van der Waals surface area (Å²) in [7, 11) is -3.16. The summed E-state index contributed by atoms with van der Waals surface area (Å²) < 4.78 is 23.9. The molecule has 1 aromatic carbocycles. The quantitative estimate of drug-likeness (QED) is 0.828. The van der Waals surface area contributed by atoms with E-state index in [1.807, 2.05) is 32.9 Å². The van der Waals surface area contributed by atoms with Gasteiger partial charge in [-0.3, -0.25) is 0 Å². The van der Waals surface area contributed by atoms with E-state index >= 15 is 0 Å². The smallest absolute Gasteiger partial charge is 0.179 e. The van der Waals surface area contributed by atoms with Crippen LogP contribution >= 0.6 is 12.6 Å². The fourth-order valence-corrected chi connectivity index (χ4v) is 4.14. The van der Waals surface area contributed by atoms with E-state index in [1.165, 1.54) is 0 Å². The maximum absolute atomic E-state index is 11.9. The van der Waals surface area contributed by atoms with E-state index in [-0.39, 0.29) is 5.75 Å². The summed E-state index contributed by atoms with van der Waals surface area (Å²) in [5.74, 6) is 0.454. The van der Waals surface area contributed by atoms with Gasteiger partial charge in [-0.15, -0.1) is 0 Å². The van der Waals surface area contributed by atoms with Crippen molar-refractivity contribution >= 4 is 22.5 Å². The van der Waals surface area contributed by atoms with E-state index in [9.17, 15) is 8.42 Å². The molecule has 0 aliphatic carbocycles. The standard InChI is InChI=1S/C11H16O2S2/c1-8-6-9(2)11(10(3)7-8)15(12,13)5-4-14/h6-7,14H,4-5H2,1-3H3. The summed E-state index contributed by atoms with van der Waals surface area (Å²) in [6, 6.07) is 3.80. The van der Waals surface area contributed by atoms with Gasteiger partial charge in [-0.2, -0.15) is 12.6 Å². The van der Waals surface area contributed by atoms with Crippen LogP contribution in [0.1, 0.15) is 16.7 Å². The highest BCUT2D eigenvalue weighted by Crippen LogP contribution is 2.22. The Hall–Kier alpha value is -0.480. The molecule has 0 unspecified atom stereocenters. The van der Waals surface area contributed by atoms with Crippen molar-refractivity contribution in [2.45, 2.75) is 25.7 Å². The minimum absolute atomic E-state index is 0.0981. The van der Waals surface area contributed by atoms with Crippen molar-refractivity contribution in [2.24, 2.45) is 0 Å². The molecule has 1 rings (SSSR count). The van der Waals surface area contributed by atoms with Gasteiger partial charge < -0.3 is 0 Å². The third-order valence-electron chi connectivity index (χ3n) is 2.28. The summed E-state index contributed by atoms with van der Waals surface area (Å²) in [4.78, 5) is 0.474. The molecule has 4 heteroatoms. The van der Waals surface area contributed by atoms with Crippen molar-refractivity contribution < 1.29 is 8.42 Å². The van der Waals surface area contributed by atoms with Crippen LogP contribution in [-0.2, 0) is 9.84 Å². The third kappa shape index (κ3) is 2.75. The van der Waals surface area contributed by atoms with Gasteiger partial charge >= 0.3 is 0 Å². The summed E-state index contributed by atoms with van der Waals surface area (Å²) in [5.41, 5.74) is 2.75. The molecular formula is C11H16O2S2. The van der Waals surface area contributed by atoms with Crippen LogP contribution in [-0.4, -0.2) is 19.9 Å². The predicted molar refractivity (Wildman–Crippen MR) is 66.6 cm³/mol. The van der Waals surface area contributed by atoms with Crippen LogP contribution in [0.2, 0.25) is 0 Å². The lowest BCUT2D eigenvalue weighted by atomic mass is 10.1. The van der Waals surface area contributed by atoms with Crippen molar-refractivity contribution in [3.05, 3.63) is 28.8 Å². The van der Waals surface area contributed by atoms with Crippen molar-refractivity contribution in [2.75, 3.05) is 11.5 Å². The largest absolute Gasteiger partial charge is 0.224 e. The molecule has 0 saturated carbocycles. The SMILES string of the molecule is Cc1cc(C)c(S(=O)(=O)CCS)c(C)c1. The summed E-state index contributed by atoms with van der Waals surface area (Å²) >= 11 is 3.97. The molecular weight excluding hydrogens is 228 g/mol. The predicted octanol–water partition coefficient (Wildman–Crippen LogP) is 2.32. The molecule has 84 valence electrons. The maximum atomic E-state index is 11.9. The molecule has 0 fully saturated rings. The molecule has 0 aromatic heterocycles. The highest BCUT2D eigenvalue weighted by atomic mass is 32.2. The van der Waals surface area contributed by atoms with Gasteiger partial charge in [0.15, 0.2) is 9.84 Å². The van der Waals surface area contributed by atoms with Gasteiger partial charge in [-0.25, -0.2) is 8.42 Å². The second-order valence-corrected chi connectivity index (χ2v) is 6.26. The number of hydrogen-bond acceptors (Lipinski definition) is 3. The van der Waals surface area contributed by atoms with Crippen LogP contribution in [0.4, 0.5) is 0 Å². The first kappa shape index (κ1) is 12.6. The van der Waals surface area contributed by atoms with Crippen LogP contribution < -0.4 is 0 Å². The molecule has 0 bridgehead atoms. The van der Waals surface area contributed by atoms with Crippen LogP contribution in [0, 0.1) is 20.8 Å². The lowest BCUT2D eigenvalue weighted by molar-refractivity contribution is 0.596. The molecule has 0 saturated heterocycles. The van der Waals surface area contributed by atoms with Gasteiger partial charge in [-0.1, -0.05) is 17.7 Å². The zero-order valence-electron chi connectivity index (χ0n) is 9.24. The van der Waals surface area contributed by atoms with Crippen molar-refractivity contribution in [1.29, 1.82) is 0 Å². The summed E-state index contributed by atoms with van der Waals surface area (Å²) in [6.07, 6.45) is 0. The molecule has 15 heavy (non-hydrogen) atoms. The highest BCUT2D eigenvalue weighted by Gasteiger charge is 2.18. The molecule has 0 amide bonds. The van der Waals surface area contributed by atoms with Gasteiger partial charge in [0, 0.05) is 5.75 Å². The Kier molecular flexibility index (Phi) is 3.84. The summed E-state index contributed by atoms with van der Waals surface area (Å²) in [5, 5.41) is 0. The number of sulfone groups is 1. The number of rotatable bonds is 3. The fraction of sp³-hybridized carbons (Fsp3) is 0.455. The van der Waals surface area contributed by atoms with Gasteiger partial charge in [0.1, 0.15) is 0 Å². The molecule has 0 N–H and O–H groups in total. The molecule has 0 aliphatic heterocycles. The van der Waals surface area contributed by atoms with Crippen LogP contribution in [0.5, 0.6) is 0 Å². The van der Waals surface area contributed by atoms with E-state index in [0.717, 1.165) is 16.7 Å². The van der Waals surface area contributed by atoms with Gasteiger partial charge in [0.05, 0.1) is 10.6 Å². The molecule has 0 atom stereocenters. The molecule has 0 radical (unpaired) electrons. The molecule has 0 aliphatic rings. The topological polar surface area (TPSA) is 34.1 Å². The Morgan fingerprint density at radius 3 is 2.00 bits per heavy atom. The molecule has 0 spiro atoms. The highest BCUT2D eigenvalue weighted by molar-refractivity contribution is 7.92. The minimum Gasteiger partial charge on any atom is -0.224 e. The van der Waals surface area contributed by atoms with Crippen LogP contribution in [0.15, 0.2) is 17.0 Å². The van der Waals surface area contributed by atoms with Gasteiger partial charge in [0.25, 0.3) is 0 Å². The third-order valence-corrected chi connectivity index (χ3v) is 4.81. The minimum atomic E-state index is -3.16. The lowest BCUT2D eigenvalue weighted by Crippen LogP contribution is -2.11. The number of benzene rings is 1. The average molecular weight is 244 g/mol. The molecule has 0 heterocycles. The Balaban J connectivity index is 3.38. The zero-order chi connectivity index (χ0) is 11.6. The molecule has 1 aromatic rings. The van der Waals surface area contributed by atoms with Crippen LogP contribution in [0.25, 0.3) is 0 Å². The maximum Gasteiger partial charge on any atom is 0.179 e. The van der Waals surface area contributed by atoms with E-state index in [2.05, 4.69) is 12.6 Å². The fourth-order valence-electron chi connectivity index (χ4n) is 1.88. The second-order valence-electron chi connectivity index (χ2n) is 3.77. The van der Waals surface area contributed by atoms with E-state index in [4.69, 9.17) is 0 Å². The van der Waals surface area contributed by atoms with Crippen LogP contribution in [0.3, 0.4) is 0 Å². The Bertz CT molecular complexity index is 438. The van der Waals surface area contributed by atoms with Crippen molar-refractivity contribution in [1.82, 2.24) is 0 Å². The first-order chi connectivity index (χ1) is 6.88. The van der Waals surface area contributed by atoms with Gasteiger partial charge in [0.2, 0.25) is 0 Å². The lowest BCUT2D eigenvalue weighted by Gasteiger charge is -2.11. The monoisotopic (exact) mass is 244 g/mol. The average Bonchev–Trinajstić information content (AvgIpc) is 1.99. The first-order valence-electron chi connectivity index (χ1n) is 4.80. The van der Waals surface area contributed by atoms with Crippen molar-refractivity contribution in [3.63, 3.8) is 0 Å². The first-order valence-corrected chi connectivity index (χ1v) is 7.08. The number of aryl methyl sites for hydroxylation is 3. The van der Waals surface area contributed by atoms with Crippen molar-refractivity contribution in [3.8, 4) is 0 Å². The Labute approximate surface area is 97.0 Å². The Morgan fingerprint density at radius 2 is 1.60 bits per heavy atom. The Morgan fingerprint density at radius 1 is 1.13 bits per heavy atom. The van der Waals surface area contributed by atoms with E-state index < -0.39 is 9.84 Å². The van der Waals surface area contributed by atoms with E-state index in [1.54, 1.807) is 0 Å². The normalized spacial score (nSPS) is 11.7. The van der Waals surface area contributed by atoms with E-state index in [0.29, 0.717) is 10.6 Å². The number of thiol groups is 1. The summed E-state index contributed by atoms with van der Waals surface area (Å²) in [6.45, 7) is 5.64.